The Morgan fingerprint density at radius 2 is 2.07 bits per heavy atom. The van der Waals surface area contributed by atoms with Crippen molar-refractivity contribution in [3.8, 4) is 5.75 Å². The molecule has 2 aromatic rings. The number of carbonyl (C=O) groups is 1. The van der Waals surface area contributed by atoms with Gasteiger partial charge in [0.15, 0.2) is 0 Å². The number of ether oxygens (including phenoxy) is 1. The Bertz CT molecular complexity index is 826. The van der Waals surface area contributed by atoms with Crippen LogP contribution in [-0.4, -0.2) is 31.0 Å². The molecular formula is C21H24Cl2N2O2. The van der Waals surface area contributed by atoms with Gasteiger partial charge in [-0.3, -0.25) is 9.69 Å². The lowest BCUT2D eigenvalue weighted by Gasteiger charge is -2.32. The summed E-state index contributed by atoms with van der Waals surface area (Å²) in [6.07, 6.45) is 1.86. The predicted molar refractivity (Wildman–Crippen MR) is 111 cm³/mol. The fraction of sp³-hybridized carbons (Fsp3) is 0.381. The minimum absolute atomic E-state index is 0.0332. The number of hydrogen-bond donors (Lipinski definition) is 1. The molecular weight excluding hydrogens is 383 g/mol. The molecule has 0 bridgehead atoms. The lowest BCUT2D eigenvalue weighted by Crippen LogP contribution is -2.40. The second kappa shape index (κ2) is 8.96. The summed E-state index contributed by atoms with van der Waals surface area (Å²) in [6.45, 7) is 4.37. The molecule has 144 valence electrons. The van der Waals surface area contributed by atoms with Crippen LogP contribution in [0, 0.1) is 12.8 Å². The summed E-state index contributed by atoms with van der Waals surface area (Å²) in [6, 6.07) is 11.3. The topological polar surface area (TPSA) is 41.6 Å². The molecule has 0 aromatic heterocycles. The highest BCUT2D eigenvalue weighted by Gasteiger charge is 2.26. The summed E-state index contributed by atoms with van der Waals surface area (Å²) in [5.74, 6) is 0.649. The van der Waals surface area contributed by atoms with Gasteiger partial charge in [-0.2, -0.15) is 0 Å². The van der Waals surface area contributed by atoms with Crippen molar-refractivity contribution in [1.29, 1.82) is 0 Å². The Kier molecular flexibility index (Phi) is 6.64. The van der Waals surface area contributed by atoms with E-state index in [1.807, 2.05) is 37.3 Å². The SMILES string of the molecule is COc1ccc(C)cc1NC(=O)C1CCCN(Cc2ccc(Cl)cc2Cl)C1. The first-order chi connectivity index (χ1) is 13.0. The molecule has 1 heterocycles. The molecule has 1 saturated heterocycles. The molecule has 3 rings (SSSR count). The van der Waals surface area contributed by atoms with Gasteiger partial charge in [-0.15, -0.1) is 0 Å². The zero-order valence-corrected chi connectivity index (χ0v) is 17.1. The lowest BCUT2D eigenvalue weighted by atomic mass is 9.96. The Balaban J connectivity index is 1.65. The van der Waals surface area contributed by atoms with Crippen LogP contribution in [0.3, 0.4) is 0 Å². The number of methoxy groups -OCH3 is 1. The zero-order chi connectivity index (χ0) is 19.4. The third-order valence-corrected chi connectivity index (χ3v) is 5.49. The number of benzene rings is 2. The standard InChI is InChI=1S/C21H24Cl2N2O2/c1-14-5-8-20(27-2)19(10-14)24-21(26)16-4-3-9-25(13-16)12-15-6-7-17(22)11-18(15)23/h5-8,10-11,16H,3-4,9,12-13H2,1-2H3,(H,24,26). The first kappa shape index (κ1) is 20.0. The number of hydrogen-bond acceptors (Lipinski definition) is 3. The molecule has 0 radical (unpaired) electrons. The van der Waals surface area contributed by atoms with Gasteiger partial charge in [-0.25, -0.2) is 0 Å². The van der Waals surface area contributed by atoms with Crippen molar-refractivity contribution in [1.82, 2.24) is 4.90 Å². The first-order valence-electron chi connectivity index (χ1n) is 9.08. The highest BCUT2D eigenvalue weighted by molar-refractivity contribution is 6.35. The van der Waals surface area contributed by atoms with Crippen molar-refractivity contribution in [2.45, 2.75) is 26.3 Å². The predicted octanol–water partition coefficient (Wildman–Crippen LogP) is 5.16. The second-order valence-electron chi connectivity index (χ2n) is 7.00. The molecule has 0 saturated carbocycles. The number of amides is 1. The van der Waals surface area contributed by atoms with Crippen molar-refractivity contribution < 1.29 is 9.53 Å². The van der Waals surface area contributed by atoms with E-state index in [2.05, 4.69) is 10.2 Å². The summed E-state index contributed by atoms with van der Waals surface area (Å²) in [5.41, 5.74) is 2.83. The fourth-order valence-corrected chi connectivity index (χ4v) is 3.93. The summed E-state index contributed by atoms with van der Waals surface area (Å²) in [4.78, 5) is 15.1. The maximum absolute atomic E-state index is 12.8. The molecule has 27 heavy (non-hydrogen) atoms. The van der Waals surface area contributed by atoms with E-state index in [9.17, 15) is 4.79 Å². The molecule has 6 heteroatoms. The van der Waals surface area contributed by atoms with E-state index in [1.165, 1.54) is 0 Å². The van der Waals surface area contributed by atoms with E-state index in [-0.39, 0.29) is 11.8 Å². The second-order valence-corrected chi connectivity index (χ2v) is 7.85. The van der Waals surface area contributed by atoms with Gasteiger partial charge < -0.3 is 10.1 Å². The minimum atomic E-state index is -0.0601. The molecule has 0 spiro atoms. The number of anilines is 1. The number of carbonyl (C=O) groups excluding carboxylic acids is 1. The Morgan fingerprint density at radius 1 is 1.26 bits per heavy atom. The van der Waals surface area contributed by atoms with Gasteiger partial charge in [0.2, 0.25) is 5.91 Å². The van der Waals surface area contributed by atoms with Crippen molar-refractivity contribution in [3.05, 3.63) is 57.6 Å². The van der Waals surface area contributed by atoms with E-state index < -0.39 is 0 Å². The summed E-state index contributed by atoms with van der Waals surface area (Å²) < 4.78 is 5.36. The number of aryl methyl sites for hydroxylation is 1. The minimum Gasteiger partial charge on any atom is -0.495 e. The quantitative estimate of drug-likeness (QED) is 0.745. The maximum atomic E-state index is 12.8. The van der Waals surface area contributed by atoms with Crippen LogP contribution in [0.15, 0.2) is 36.4 Å². The van der Waals surface area contributed by atoms with E-state index >= 15 is 0 Å². The van der Waals surface area contributed by atoms with Crippen LogP contribution >= 0.6 is 23.2 Å². The Hall–Kier alpha value is -1.75. The zero-order valence-electron chi connectivity index (χ0n) is 15.6. The van der Waals surface area contributed by atoms with E-state index in [0.29, 0.717) is 28.9 Å². The largest absolute Gasteiger partial charge is 0.495 e. The highest BCUT2D eigenvalue weighted by atomic mass is 35.5. The molecule has 1 N–H and O–H groups in total. The van der Waals surface area contributed by atoms with Crippen molar-refractivity contribution in [2.75, 3.05) is 25.5 Å². The van der Waals surface area contributed by atoms with Crippen LogP contribution in [0.2, 0.25) is 10.0 Å². The number of nitrogens with one attached hydrogen (secondary N) is 1. The number of rotatable bonds is 5. The number of halogens is 2. The average Bonchev–Trinajstić information content (AvgIpc) is 2.64. The van der Waals surface area contributed by atoms with Crippen LogP contribution in [0.1, 0.15) is 24.0 Å². The van der Waals surface area contributed by atoms with Gasteiger partial charge in [-0.05, 0) is 61.7 Å². The van der Waals surface area contributed by atoms with Crippen molar-refractivity contribution in [2.24, 2.45) is 5.92 Å². The Labute approximate surface area is 170 Å². The van der Waals surface area contributed by atoms with Gasteiger partial charge >= 0.3 is 0 Å². The smallest absolute Gasteiger partial charge is 0.228 e. The van der Waals surface area contributed by atoms with Gasteiger partial charge in [0.05, 0.1) is 18.7 Å². The first-order valence-corrected chi connectivity index (χ1v) is 9.83. The van der Waals surface area contributed by atoms with Gasteiger partial charge in [0.1, 0.15) is 5.75 Å². The summed E-state index contributed by atoms with van der Waals surface area (Å²) in [5, 5.41) is 4.34. The molecule has 1 amide bonds. The third-order valence-electron chi connectivity index (χ3n) is 4.90. The molecule has 1 aliphatic rings. The monoisotopic (exact) mass is 406 g/mol. The van der Waals surface area contributed by atoms with Crippen LogP contribution in [0.25, 0.3) is 0 Å². The lowest BCUT2D eigenvalue weighted by molar-refractivity contribution is -0.121. The number of nitrogens with zero attached hydrogens (tertiary/aromatic N) is 1. The third kappa shape index (κ3) is 5.16. The van der Waals surface area contributed by atoms with Gasteiger partial charge in [0, 0.05) is 23.1 Å². The summed E-state index contributed by atoms with van der Waals surface area (Å²) in [7, 11) is 1.61. The molecule has 1 atom stereocenters. The number of likely N-dealkylation sites (tertiary alicyclic amines) is 1. The molecule has 1 aliphatic heterocycles. The highest BCUT2D eigenvalue weighted by Crippen LogP contribution is 2.28. The normalized spacial score (nSPS) is 17.6. The van der Waals surface area contributed by atoms with E-state index in [0.717, 1.165) is 36.2 Å². The van der Waals surface area contributed by atoms with Gasteiger partial charge in [-0.1, -0.05) is 35.3 Å². The van der Waals surface area contributed by atoms with Crippen LogP contribution in [0.5, 0.6) is 5.75 Å². The molecule has 1 unspecified atom stereocenters. The number of piperidine rings is 1. The molecule has 4 nitrogen and oxygen atoms in total. The molecule has 2 aromatic carbocycles. The van der Waals surface area contributed by atoms with Crippen LogP contribution < -0.4 is 10.1 Å². The van der Waals surface area contributed by atoms with E-state index in [1.54, 1.807) is 13.2 Å². The maximum Gasteiger partial charge on any atom is 0.228 e. The fourth-order valence-electron chi connectivity index (χ4n) is 3.46. The molecule has 1 fully saturated rings. The van der Waals surface area contributed by atoms with Crippen molar-refractivity contribution in [3.63, 3.8) is 0 Å². The van der Waals surface area contributed by atoms with Crippen LogP contribution in [-0.2, 0) is 11.3 Å². The molecule has 0 aliphatic carbocycles. The van der Waals surface area contributed by atoms with Crippen molar-refractivity contribution >= 4 is 34.8 Å². The van der Waals surface area contributed by atoms with Crippen LogP contribution in [0.4, 0.5) is 5.69 Å². The van der Waals surface area contributed by atoms with Gasteiger partial charge in [0.25, 0.3) is 0 Å². The average molecular weight is 407 g/mol. The Morgan fingerprint density at radius 3 is 2.81 bits per heavy atom. The summed E-state index contributed by atoms with van der Waals surface area (Å²) >= 11 is 12.3. The van der Waals surface area contributed by atoms with E-state index in [4.69, 9.17) is 27.9 Å².